The molecule has 0 saturated carbocycles. The fraction of sp³-hybridized carbons (Fsp3) is 0.370. The third kappa shape index (κ3) is 5.89. The van der Waals surface area contributed by atoms with Crippen LogP contribution in [0, 0.1) is 6.92 Å². The number of benzene rings is 2. The predicted molar refractivity (Wildman–Crippen MR) is 150 cm³/mol. The zero-order valence-corrected chi connectivity index (χ0v) is 22.3. The summed E-state index contributed by atoms with van der Waals surface area (Å²) < 4.78 is 35.2. The van der Waals surface area contributed by atoms with Crippen LogP contribution in [-0.2, 0) is 16.4 Å². The van der Waals surface area contributed by atoms with Crippen LogP contribution < -0.4 is 15.7 Å². The molecule has 4 rings (SSSR count). The number of para-hydroxylation sites is 1. The first-order chi connectivity index (χ1) is 17.8. The topological polar surface area (TPSA) is 122 Å². The van der Waals surface area contributed by atoms with Crippen molar-refractivity contribution in [3.8, 4) is 17.1 Å². The molecule has 2 aromatic heterocycles. The van der Waals surface area contributed by atoms with Crippen molar-refractivity contribution < 1.29 is 13.2 Å². The maximum atomic E-state index is 13.4. The van der Waals surface area contributed by atoms with E-state index in [1.54, 1.807) is 29.6 Å². The molecule has 204 valence electrons. The lowest BCUT2D eigenvalue weighted by atomic mass is 10.2. The average molecular weight is 541 g/mol. The number of rotatable bonds is 11. The van der Waals surface area contributed by atoms with Gasteiger partial charge in [0.2, 0.25) is 0 Å². The molecule has 0 aliphatic rings. The highest BCUT2D eigenvalue weighted by Gasteiger charge is 2.24. The number of fused-ring (bicyclic) bond motifs is 1. The summed E-state index contributed by atoms with van der Waals surface area (Å²) in [6.07, 6.45) is 3.72. The average Bonchev–Trinajstić information content (AvgIpc) is 3.20. The van der Waals surface area contributed by atoms with Crippen molar-refractivity contribution in [1.29, 1.82) is 0 Å². The number of nitrogens with one attached hydrogen (secondary N) is 2. The van der Waals surface area contributed by atoms with Crippen molar-refractivity contribution in [2.45, 2.75) is 58.8 Å². The van der Waals surface area contributed by atoms with Crippen molar-refractivity contribution in [3.05, 3.63) is 70.4 Å². The van der Waals surface area contributed by atoms with E-state index in [1.807, 2.05) is 25.1 Å². The Balaban J connectivity index is 0.00000400. The van der Waals surface area contributed by atoms with E-state index in [0.29, 0.717) is 47.1 Å². The van der Waals surface area contributed by atoms with Gasteiger partial charge in [0.15, 0.2) is 11.3 Å². The van der Waals surface area contributed by atoms with Gasteiger partial charge in [-0.1, -0.05) is 45.4 Å². The first kappa shape index (κ1) is 28.9. The third-order valence-electron chi connectivity index (χ3n) is 5.97. The monoisotopic (exact) mass is 540 g/mol. The Bertz CT molecular complexity index is 1550. The van der Waals surface area contributed by atoms with Gasteiger partial charge in [-0.15, -0.1) is 9.51 Å². The lowest BCUT2D eigenvalue weighted by molar-refractivity contribution is 0.341. The summed E-state index contributed by atoms with van der Waals surface area (Å²) in [4.78, 5) is 20.5. The Morgan fingerprint density at radius 3 is 2.53 bits per heavy atom. The van der Waals surface area contributed by atoms with Crippen LogP contribution in [0.5, 0.6) is 5.75 Å². The van der Waals surface area contributed by atoms with E-state index in [1.165, 1.54) is 19.2 Å². The Labute approximate surface area is 223 Å². The number of hydrogen-bond donors (Lipinski definition) is 2. The lowest BCUT2D eigenvalue weighted by Crippen LogP contribution is -2.32. The van der Waals surface area contributed by atoms with Gasteiger partial charge in [-0.05, 0) is 50.6 Å². The summed E-state index contributed by atoms with van der Waals surface area (Å²) >= 11 is 0. The predicted octanol–water partition coefficient (Wildman–Crippen LogP) is 4.81. The SMILES string of the molecule is C.CCCCCc1nc(C)c2c(=O)[nH]c(-c3cc(S(=O)(=O)N(C)Nc4ccccc4)ccc3OCC)nn12. The normalized spacial score (nSPS) is 11.5. The molecule has 0 radical (unpaired) electrons. The van der Waals surface area contributed by atoms with Crippen LogP contribution in [0.25, 0.3) is 16.9 Å². The van der Waals surface area contributed by atoms with Crippen molar-refractivity contribution in [2.24, 2.45) is 0 Å². The van der Waals surface area contributed by atoms with Crippen LogP contribution in [0.1, 0.15) is 52.1 Å². The second kappa shape index (κ2) is 12.2. The molecule has 0 unspecified atom stereocenters. The lowest BCUT2D eigenvalue weighted by Gasteiger charge is -2.20. The number of aromatic amines is 1. The van der Waals surface area contributed by atoms with Gasteiger partial charge in [0.1, 0.15) is 11.6 Å². The molecular formula is C27H36N6O4S. The molecule has 0 bridgehead atoms. The number of H-pyrrole nitrogens is 1. The largest absolute Gasteiger partial charge is 0.493 e. The molecule has 4 aromatic rings. The van der Waals surface area contributed by atoms with Crippen LogP contribution in [0.3, 0.4) is 0 Å². The molecule has 0 amide bonds. The number of ether oxygens (including phenoxy) is 1. The fourth-order valence-corrected chi connectivity index (χ4v) is 5.15. The van der Waals surface area contributed by atoms with Crippen LogP contribution >= 0.6 is 0 Å². The quantitative estimate of drug-likeness (QED) is 0.207. The highest BCUT2D eigenvalue weighted by molar-refractivity contribution is 7.89. The van der Waals surface area contributed by atoms with Crippen LogP contribution in [0.15, 0.2) is 58.2 Å². The number of nitrogens with zero attached hydrogens (tertiary/aromatic N) is 4. The minimum absolute atomic E-state index is 0. The van der Waals surface area contributed by atoms with Gasteiger partial charge < -0.3 is 15.1 Å². The minimum Gasteiger partial charge on any atom is -0.493 e. The zero-order chi connectivity index (χ0) is 26.6. The molecule has 0 fully saturated rings. The second-order valence-electron chi connectivity index (χ2n) is 8.68. The van der Waals surface area contributed by atoms with Gasteiger partial charge in [0, 0.05) is 13.5 Å². The molecule has 0 saturated heterocycles. The number of unbranched alkanes of at least 4 members (excludes halogenated alkanes) is 2. The maximum absolute atomic E-state index is 13.4. The van der Waals surface area contributed by atoms with E-state index >= 15 is 0 Å². The van der Waals surface area contributed by atoms with Crippen molar-refractivity contribution in [3.63, 3.8) is 0 Å². The fourth-order valence-electron chi connectivity index (χ4n) is 4.10. The van der Waals surface area contributed by atoms with Gasteiger partial charge in [-0.25, -0.2) is 17.9 Å². The molecule has 10 nitrogen and oxygen atoms in total. The van der Waals surface area contributed by atoms with Crippen LogP contribution in [0.2, 0.25) is 0 Å². The van der Waals surface area contributed by atoms with E-state index in [4.69, 9.17) is 4.74 Å². The molecule has 11 heteroatoms. The summed E-state index contributed by atoms with van der Waals surface area (Å²) in [6.45, 7) is 6.09. The Morgan fingerprint density at radius 1 is 1.11 bits per heavy atom. The highest BCUT2D eigenvalue weighted by Crippen LogP contribution is 2.31. The minimum atomic E-state index is -3.94. The van der Waals surface area contributed by atoms with Crippen LogP contribution in [0.4, 0.5) is 5.69 Å². The number of hydrogen-bond acceptors (Lipinski definition) is 7. The summed E-state index contributed by atoms with van der Waals surface area (Å²) in [5.41, 5.74) is 4.49. The van der Waals surface area contributed by atoms with Crippen molar-refractivity contribution in [2.75, 3.05) is 19.1 Å². The zero-order valence-electron chi connectivity index (χ0n) is 21.5. The van der Waals surface area contributed by atoms with Crippen LogP contribution in [-0.4, -0.2) is 46.1 Å². The summed E-state index contributed by atoms with van der Waals surface area (Å²) in [5.74, 6) is 1.31. The molecule has 0 atom stereocenters. The molecule has 38 heavy (non-hydrogen) atoms. The van der Waals surface area contributed by atoms with Gasteiger partial charge in [0.25, 0.3) is 15.6 Å². The molecule has 2 aromatic carbocycles. The van der Waals surface area contributed by atoms with Gasteiger partial charge in [-0.3, -0.25) is 4.79 Å². The van der Waals surface area contributed by atoms with E-state index in [9.17, 15) is 13.2 Å². The highest BCUT2D eigenvalue weighted by atomic mass is 32.2. The van der Waals surface area contributed by atoms with E-state index in [0.717, 1.165) is 23.7 Å². The van der Waals surface area contributed by atoms with Gasteiger partial charge in [-0.2, -0.15) is 0 Å². The number of aryl methyl sites for hydroxylation is 2. The Kier molecular flexibility index (Phi) is 9.29. The Hall–Kier alpha value is -3.70. The number of imidazole rings is 1. The molecule has 2 heterocycles. The third-order valence-corrected chi connectivity index (χ3v) is 7.63. The second-order valence-corrected chi connectivity index (χ2v) is 10.6. The van der Waals surface area contributed by atoms with Gasteiger partial charge in [0.05, 0.1) is 28.4 Å². The van der Waals surface area contributed by atoms with Crippen molar-refractivity contribution in [1.82, 2.24) is 24.0 Å². The number of sulfonamides is 1. The first-order valence-electron chi connectivity index (χ1n) is 12.3. The number of aromatic nitrogens is 4. The summed E-state index contributed by atoms with van der Waals surface area (Å²) in [5, 5.41) is 4.68. The van der Waals surface area contributed by atoms with Gasteiger partial charge >= 0.3 is 0 Å². The van der Waals surface area contributed by atoms with E-state index in [2.05, 4.69) is 27.4 Å². The number of hydrazine groups is 1. The molecule has 0 spiro atoms. The standard InChI is InChI=1S/C26H32N6O4S.CH4/c1-5-7-9-14-23-27-18(3)24-26(33)28-25(30-32(23)24)21-17-20(15-16-22(21)36-6-2)37(34,35)31(4)29-19-12-10-8-11-13-19;/h8,10-13,15-17,29H,5-7,9,14H2,1-4H3,(H,28,30,33);1H4. The Morgan fingerprint density at radius 2 is 1.84 bits per heavy atom. The molecule has 0 aliphatic heterocycles. The maximum Gasteiger partial charge on any atom is 0.277 e. The smallest absolute Gasteiger partial charge is 0.277 e. The molecule has 2 N–H and O–H groups in total. The van der Waals surface area contributed by atoms with Crippen molar-refractivity contribution >= 4 is 21.2 Å². The molecule has 0 aliphatic carbocycles. The molecular weight excluding hydrogens is 504 g/mol. The number of anilines is 1. The van der Waals surface area contributed by atoms with E-state index in [-0.39, 0.29) is 23.7 Å². The summed E-state index contributed by atoms with van der Waals surface area (Å²) in [6, 6.07) is 13.5. The first-order valence-corrected chi connectivity index (χ1v) is 13.8. The summed E-state index contributed by atoms with van der Waals surface area (Å²) in [7, 11) is -2.51. The van der Waals surface area contributed by atoms with E-state index < -0.39 is 10.0 Å².